The predicted octanol–water partition coefficient (Wildman–Crippen LogP) is 2.08. The Morgan fingerprint density at radius 2 is 2.11 bits per heavy atom. The summed E-state index contributed by atoms with van der Waals surface area (Å²) in [6, 6.07) is 7.72. The number of ether oxygens (including phenoxy) is 1. The fourth-order valence-corrected chi connectivity index (χ4v) is 1.48. The van der Waals surface area contributed by atoms with Crippen molar-refractivity contribution in [2.45, 2.75) is 39.2 Å². The lowest BCUT2D eigenvalue weighted by Gasteiger charge is -2.17. The number of nitrogens with one attached hydrogen (secondary N) is 1. The van der Waals surface area contributed by atoms with E-state index in [1.165, 1.54) is 5.56 Å². The number of hydrogen-bond acceptors (Lipinski definition) is 3. The van der Waals surface area contributed by atoms with E-state index in [9.17, 15) is 9.90 Å². The number of aliphatic hydroxyl groups is 1. The second-order valence-electron chi connectivity index (χ2n) is 5.61. The van der Waals surface area contributed by atoms with Crippen molar-refractivity contribution in [3.05, 3.63) is 29.8 Å². The molecule has 1 aromatic carbocycles. The van der Waals surface area contributed by atoms with Crippen LogP contribution in [-0.4, -0.2) is 29.8 Å². The number of benzene rings is 1. The van der Waals surface area contributed by atoms with Gasteiger partial charge in [-0.05, 0) is 37.5 Å². The van der Waals surface area contributed by atoms with Crippen LogP contribution in [0.1, 0.15) is 39.2 Å². The lowest BCUT2D eigenvalue weighted by Crippen LogP contribution is -2.40. The third kappa shape index (κ3) is 6.25. The zero-order chi connectivity index (χ0) is 14.5. The average molecular weight is 265 g/mol. The summed E-state index contributed by atoms with van der Waals surface area (Å²) in [6.45, 7) is 7.66. The largest absolute Gasteiger partial charge is 0.484 e. The SMILES string of the molecule is CC(C)c1cccc(OCC(=O)NCC(C)(C)O)c1. The van der Waals surface area contributed by atoms with Gasteiger partial charge in [0.1, 0.15) is 5.75 Å². The molecule has 4 heteroatoms. The molecule has 0 spiro atoms. The summed E-state index contributed by atoms with van der Waals surface area (Å²) in [5.74, 6) is 0.870. The molecule has 106 valence electrons. The van der Waals surface area contributed by atoms with Gasteiger partial charge in [-0.1, -0.05) is 26.0 Å². The molecule has 0 bridgehead atoms. The van der Waals surface area contributed by atoms with Crippen LogP contribution < -0.4 is 10.1 Å². The summed E-state index contributed by atoms with van der Waals surface area (Å²) in [6.07, 6.45) is 0. The Morgan fingerprint density at radius 3 is 2.68 bits per heavy atom. The van der Waals surface area contributed by atoms with Crippen LogP contribution in [0, 0.1) is 0 Å². The Balaban J connectivity index is 2.44. The molecule has 0 radical (unpaired) electrons. The van der Waals surface area contributed by atoms with Crippen LogP contribution >= 0.6 is 0 Å². The molecule has 0 saturated carbocycles. The van der Waals surface area contributed by atoms with Crippen molar-refractivity contribution < 1.29 is 14.6 Å². The number of carbonyl (C=O) groups excluding carboxylic acids is 1. The molecule has 0 aromatic heterocycles. The molecular formula is C15H23NO3. The van der Waals surface area contributed by atoms with E-state index in [-0.39, 0.29) is 19.1 Å². The second kappa shape index (κ2) is 6.57. The minimum atomic E-state index is -0.910. The number of amides is 1. The number of rotatable bonds is 6. The normalized spacial score (nSPS) is 11.5. The lowest BCUT2D eigenvalue weighted by molar-refractivity contribution is -0.124. The Hall–Kier alpha value is -1.55. The summed E-state index contributed by atoms with van der Waals surface area (Å²) < 4.78 is 5.43. The Labute approximate surface area is 114 Å². The van der Waals surface area contributed by atoms with Gasteiger partial charge in [0.05, 0.1) is 5.60 Å². The van der Waals surface area contributed by atoms with E-state index < -0.39 is 5.60 Å². The lowest BCUT2D eigenvalue weighted by atomic mass is 10.0. The molecule has 0 aliphatic carbocycles. The maximum absolute atomic E-state index is 11.5. The maximum atomic E-state index is 11.5. The minimum absolute atomic E-state index is 0.0440. The van der Waals surface area contributed by atoms with Crippen LogP contribution in [0.4, 0.5) is 0 Å². The monoisotopic (exact) mass is 265 g/mol. The van der Waals surface area contributed by atoms with Gasteiger partial charge in [0.25, 0.3) is 5.91 Å². The van der Waals surface area contributed by atoms with Crippen molar-refractivity contribution in [1.82, 2.24) is 5.32 Å². The van der Waals surface area contributed by atoms with E-state index in [4.69, 9.17) is 4.74 Å². The predicted molar refractivity (Wildman–Crippen MR) is 75.3 cm³/mol. The number of hydrogen-bond donors (Lipinski definition) is 2. The van der Waals surface area contributed by atoms with Gasteiger partial charge in [-0.15, -0.1) is 0 Å². The highest BCUT2D eigenvalue weighted by atomic mass is 16.5. The van der Waals surface area contributed by atoms with Gasteiger partial charge in [-0.25, -0.2) is 0 Å². The molecule has 0 aliphatic rings. The van der Waals surface area contributed by atoms with Crippen LogP contribution in [-0.2, 0) is 4.79 Å². The first-order chi connectivity index (χ1) is 8.78. The molecule has 1 amide bonds. The van der Waals surface area contributed by atoms with Crippen LogP contribution in [0.5, 0.6) is 5.75 Å². The minimum Gasteiger partial charge on any atom is -0.484 e. The van der Waals surface area contributed by atoms with Crippen molar-refractivity contribution >= 4 is 5.91 Å². The van der Waals surface area contributed by atoms with E-state index in [0.29, 0.717) is 11.7 Å². The summed E-state index contributed by atoms with van der Waals surface area (Å²) in [7, 11) is 0. The third-order valence-electron chi connectivity index (χ3n) is 2.61. The van der Waals surface area contributed by atoms with Crippen LogP contribution in [0.15, 0.2) is 24.3 Å². The first-order valence-corrected chi connectivity index (χ1v) is 6.50. The molecule has 0 heterocycles. The van der Waals surface area contributed by atoms with E-state index >= 15 is 0 Å². The van der Waals surface area contributed by atoms with Crippen molar-refractivity contribution in [2.24, 2.45) is 0 Å². The zero-order valence-electron chi connectivity index (χ0n) is 12.1. The highest BCUT2D eigenvalue weighted by molar-refractivity contribution is 5.77. The van der Waals surface area contributed by atoms with Crippen molar-refractivity contribution in [2.75, 3.05) is 13.2 Å². The molecule has 2 N–H and O–H groups in total. The van der Waals surface area contributed by atoms with Crippen molar-refractivity contribution in [3.63, 3.8) is 0 Å². The van der Waals surface area contributed by atoms with E-state index in [1.54, 1.807) is 13.8 Å². The smallest absolute Gasteiger partial charge is 0.258 e. The van der Waals surface area contributed by atoms with Gasteiger partial charge in [-0.2, -0.15) is 0 Å². The molecule has 0 saturated heterocycles. The van der Waals surface area contributed by atoms with Gasteiger partial charge in [0.15, 0.2) is 6.61 Å². The summed E-state index contributed by atoms with van der Waals surface area (Å²) in [5.41, 5.74) is 0.266. The molecule has 4 nitrogen and oxygen atoms in total. The first-order valence-electron chi connectivity index (χ1n) is 6.50. The van der Waals surface area contributed by atoms with Crippen LogP contribution in [0.25, 0.3) is 0 Å². The molecule has 1 aromatic rings. The molecule has 1 rings (SSSR count). The molecule has 0 aliphatic heterocycles. The van der Waals surface area contributed by atoms with E-state index in [0.717, 1.165) is 0 Å². The molecule has 0 fully saturated rings. The molecule has 0 atom stereocenters. The fraction of sp³-hybridized carbons (Fsp3) is 0.533. The van der Waals surface area contributed by atoms with Crippen molar-refractivity contribution in [3.8, 4) is 5.75 Å². The molecule has 19 heavy (non-hydrogen) atoms. The molecule has 0 unspecified atom stereocenters. The fourth-order valence-electron chi connectivity index (χ4n) is 1.48. The maximum Gasteiger partial charge on any atom is 0.258 e. The van der Waals surface area contributed by atoms with E-state index in [1.807, 2.05) is 24.3 Å². The highest BCUT2D eigenvalue weighted by Gasteiger charge is 2.14. The van der Waals surface area contributed by atoms with E-state index in [2.05, 4.69) is 19.2 Å². The van der Waals surface area contributed by atoms with Gasteiger partial charge in [-0.3, -0.25) is 4.79 Å². The standard InChI is InChI=1S/C15H23NO3/c1-11(2)12-6-5-7-13(8-12)19-9-14(17)16-10-15(3,4)18/h5-8,11,18H,9-10H2,1-4H3,(H,16,17). The third-order valence-corrected chi connectivity index (χ3v) is 2.61. The zero-order valence-corrected chi connectivity index (χ0v) is 12.1. The Kier molecular flexibility index (Phi) is 5.36. The Bertz CT molecular complexity index is 422. The quantitative estimate of drug-likeness (QED) is 0.828. The van der Waals surface area contributed by atoms with Gasteiger partial charge < -0.3 is 15.2 Å². The van der Waals surface area contributed by atoms with Gasteiger partial charge in [0, 0.05) is 6.54 Å². The summed E-state index contributed by atoms with van der Waals surface area (Å²) >= 11 is 0. The Morgan fingerprint density at radius 1 is 1.42 bits per heavy atom. The summed E-state index contributed by atoms with van der Waals surface area (Å²) in [4.78, 5) is 11.5. The molecular weight excluding hydrogens is 242 g/mol. The van der Waals surface area contributed by atoms with Gasteiger partial charge >= 0.3 is 0 Å². The first kappa shape index (κ1) is 15.5. The summed E-state index contributed by atoms with van der Waals surface area (Å²) in [5, 5.41) is 12.1. The van der Waals surface area contributed by atoms with Crippen LogP contribution in [0.2, 0.25) is 0 Å². The topological polar surface area (TPSA) is 58.6 Å². The average Bonchev–Trinajstić information content (AvgIpc) is 2.33. The highest BCUT2D eigenvalue weighted by Crippen LogP contribution is 2.19. The number of carbonyl (C=O) groups is 1. The van der Waals surface area contributed by atoms with Crippen LogP contribution in [0.3, 0.4) is 0 Å². The van der Waals surface area contributed by atoms with Crippen molar-refractivity contribution in [1.29, 1.82) is 0 Å². The van der Waals surface area contributed by atoms with Gasteiger partial charge in [0.2, 0.25) is 0 Å². The second-order valence-corrected chi connectivity index (χ2v) is 5.61.